The third kappa shape index (κ3) is 9.22. The van der Waals surface area contributed by atoms with Crippen molar-refractivity contribution in [3.05, 3.63) is 52.1 Å². The van der Waals surface area contributed by atoms with Crippen LogP contribution in [-0.2, 0) is 11.2 Å². The van der Waals surface area contributed by atoms with Gasteiger partial charge in [-0.05, 0) is 44.4 Å². The van der Waals surface area contributed by atoms with Crippen LogP contribution in [0.3, 0.4) is 0 Å². The van der Waals surface area contributed by atoms with Crippen LogP contribution < -0.4 is 4.74 Å². The summed E-state index contributed by atoms with van der Waals surface area (Å²) in [7, 11) is 0. The fourth-order valence-corrected chi connectivity index (χ4v) is 6.20. The van der Waals surface area contributed by atoms with E-state index in [2.05, 4.69) is 6.92 Å². The van der Waals surface area contributed by atoms with Crippen molar-refractivity contribution in [2.45, 2.75) is 129 Å². The first-order valence-electron chi connectivity index (χ1n) is 16.5. The molecule has 0 bridgehead atoms. The minimum Gasteiger partial charge on any atom is -0.420 e. The fourth-order valence-electron chi connectivity index (χ4n) is 6.20. The standard InChI is InChI=1S/C35H44F8O2/c1-3-5-7-9-11-13-15-21-17-19-22(20-18-21)35(44)45-34-32(42)30(40)25(31(41)33(34)43)24-28(38)26(36)23(27(37)29(24)39)16-14-12-10-8-6-4-2/h21-22H,3-20H2,1-2H3. The Morgan fingerprint density at radius 2 is 0.978 bits per heavy atom. The quantitative estimate of drug-likeness (QED) is 0.0561. The van der Waals surface area contributed by atoms with Crippen molar-refractivity contribution >= 4 is 5.97 Å². The molecule has 0 unspecified atom stereocenters. The molecule has 0 aliphatic heterocycles. The van der Waals surface area contributed by atoms with E-state index in [0.717, 1.165) is 44.9 Å². The Kier molecular flexibility index (Phi) is 14.6. The first kappa shape index (κ1) is 36.8. The summed E-state index contributed by atoms with van der Waals surface area (Å²) in [5.74, 6) is -20.5. The van der Waals surface area contributed by atoms with Gasteiger partial charge in [0.1, 0.15) is 0 Å². The molecular formula is C35H44F8O2. The van der Waals surface area contributed by atoms with Gasteiger partial charge in [-0.1, -0.05) is 90.9 Å². The minimum absolute atomic E-state index is 0.197. The first-order chi connectivity index (χ1) is 21.5. The van der Waals surface area contributed by atoms with Crippen molar-refractivity contribution in [3.8, 4) is 16.9 Å². The number of hydrogen-bond acceptors (Lipinski definition) is 2. The molecule has 0 N–H and O–H groups in total. The molecule has 2 aromatic carbocycles. The Morgan fingerprint density at radius 1 is 0.556 bits per heavy atom. The van der Waals surface area contributed by atoms with E-state index < -0.39 is 80.9 Å². The Balaban J connectivity index is 1.73. The number of esters is 1. The third-order valence-corrected chi connectivity index (χ3v) is 8.96. The summed E-state index contributed by atoms with van der Waals surface area (Å²) in [4.78, 5) is 12.7. The molecule has 0 radical (unpaired) electrons. The molecule has 1 fully saturated rings. The maximum absolute atomic E-state index is 15.1. The summed E-state index contributed by atoms with van der Waals surface area (Å²) >= 11 is 0. The number of rotatable bonds is 17. The lowest BCUT2D eigenvalue weighted by molar-refractivity contribution is -0.140. The summed E-state index contributed by atoms with van der Waals surface area (Å²) in [6, 6.07) is 0. The Labute approximate surface area is 260 Å². The molecule has 2 nitrogen and oxygen atoms in total. The number of hydrogen-bond donors (Lipinski definition) is 0. The Bertz CT molecular complexity index is 1230. The predicted octanol–water partition coefficient (Wildman–Crippen LogP) is 11.8. The highest BCUT2D eigenvalue weighted by Crippen LogP contribution is 2.41. The van der Waals surface area contributed by atoms with E-state index in [1.165, 1.54) is 25.7 Å². The van der Waals surface area contributed by atoms with Crippen LogP contribution in [0.2, 0.25) is 0 Å². The average Bonchev–Trinajstić information content (AvgIpc) is 3.04. The molecule has 0 spiro atoms. The summed E-state index contributed by atoms with van der Waals surface area (Å²) in [5, 5.41) is 0. The van der Waals surface area contributed by atoms with Crippen molar-refractivity contribution in [1.82, 2.24) is 0 Å². The van der Waals surface area contributed by atoms with E-state index in [9.17, 15) is 31.1 Å². The molecule has 0 amide bonds. The van der Waals surface area contributed by atoms with Crippen LogP contribution >= 0.6 is 0 Å². The van der Waals surface area contributed by atoms with Gasteiger partial charge in [-0.3, -0.25) is 4.79 Å². The van der Waals surface area contributed by atoms with E-state index in [0.29, 0.717) is 38.0 Å². The van der Waals surface area contributed by atoms with Crippen LogP contribution in [0.25, 0.3) is 11.1 Å². The molecule has 0 atom stereocenters. The lowest BCUT2D eigenvalue weighted by Gasteiger charge is -2.27. The van der Waals surface area contributed by atoms with E-state index in [-0.39, 0.29) is 12.8 Å². The molecular weight excluding hydrogens is 604 g/mol. The number of halogens is 8. The van der Waals surface area contributed by atoms with E-state index >= 15 is 8.78 Å². The van der Waals surface area contributed by atoms with E-state index in [1.54, 1.807) is 0 Å². The van der Waals surface area contributed by atoms with Crippen LogP contribution in [0.1, 0.15) is 129 Å². The minimum atomic E-state index is -2.35. The second-order valence-corrected chi connectivity index (χ2v) is 12.3. The second kappa shape index (κ2) is 17.9. The highest BCUT2D eigenvalue weighted by molar-refractivity contribution is 5.76. The molecule has 1 aliphatic carbocycles. The third-order valence-electron chi connectivity index (χ3n) is 8.96. The summed E-state index contributed by atoms with van der Waals surface area (Å²) in [6.07, 6.45) is 14.0. The zero-order valence-corrected chi connectivity index (χ0v) is 26.2. The van der Waals surface area contributed by atoms with E-state index in [1.807, 2.05) is 6.92 Å². The molecule has 0 saturated heterocycles. The summed E-state index contributed by atoms with van der Waals surface area (Å²) in [5.41, 5.74) is -4.86. The average molecular weight is 649 g/mol. The number of unbranched alkanes of at least 4 members (excludes halogenated alkanes) is 10. The predicted molar refractivity (Wildman–Crippen MR) is 158 cm³/mol. The van der Waals surface area contributed by atoms with Gasteiger partial charge in [0.15, 0.2) is 34.9 Å². The molecule has 45 heavy (non-hydrogen) atoms. The van der Waals surface area contributed by atoms with Crippen LogP contribution in [-0.4, -0.2) is 5.97 Å². The second-order valence-electron chi connectivity index (χ2n) is 12.3. The molecule has 3 rings (SSSR count). The molecule has 1 aliphatic rings. The van der Waals surface area contributed by atoms with Crippen LogP contribution in [0, 0.1) is 58.4 Å². The first-order valence-corrected chi connectivity index (χ1v) is 16.5. The largest absolute Gasteiger partial charge is 0.420 e. The normalized spacial score (nSPS) is 16.8. The smallest absolute Gasteiger partial charge is 0.314 e. The van der Waals surface area contributed by atoms with Gasteiger partial charge in [-0.15, -0.1) is 0 Å². The topological polar surface area (TPSA) is 26.3 Å². The van der Waals surface area contributed by atoms with Crippen molar-refractivity contribution in [2.24, 2.45) is 11.8 Å². The van der Waals surface area contributed by atoms with Crippen molar-refractivity contribution < 1.29 is 44.7 Å². The fraction of sp³-hybridized carbons (Fsp3) is 0.629. The van der Waals surface area contributed by atoms with Crippen molar-refractivity contribution in [2.75, 3.05) is 0 Å². The lowest BCUT2D eigenvalue weighted by Crippen LogP contribution is -2.26. The van der Waals surface area contributed by atoms with Crippen LogP contribution in [0.15, 0.2) is 0 Å². The Morgan fingerprint density at radius 3 is 1.47 bits per heavy atom. The molecule has 1 saturated carbocycles. The van der Waals surface area contributed by atoms with Crippen LogP contribution in [0.5, 0.6) is 5.75 Å². The van der Waals surface area contributed by atoms with Gasteiger partial charge in [0.2, 0.25) is 17.4 Å². The molecule has 0 heterocycles. The maximum Gasteiger partial charge on any atom is 0.314 e. The zero-order valence-electron chi connectivity index (χ0n) is 26.2. The molecule has 252 valence electrons. The number of ether oxygens (including phenoxy) is 1. The van der Waals surface area contributed by atoms with Crippen LogP contribution in [0.4, 0.5) is 35.1 Å². The molecule has 10 heteroatoms. The monoisotopic (exact) mass is 648 g/mol. The SMILES string of the molecule is CCCCCCCCc1c(F)c(F)c(-c2c(F)c(F)c(OC(=O)C3CCC(CCCCCCCC)CC3)c(F)c2F)c(F)c1F. The Hall–Kier alpha value is -2.65. The van der Waals surface area contributed by atoms with Gasteiger partial charge in [-0.25, -0.2) is 26.3 Å². The number of benzene rings is 2. The van der Waals surface area contributed by atoms with Gasteiger partial charge in [0.05, 0.1) is 17.0 Å². The maximum atomic E-state index is 15.1. The lowest BCUT2D eigenvalue weighted by atomic mass is 9.79. The van der Waals surface area contributed by atoms with Crippen molar-refractivity contribution in [1.29, 1.82) is 0 Å². The van der Waals surface area contributed by atoms with Gasteiger partial charge in [0.25, 0.3) is 0 Å². The number of carbonyl (C=O) groups excluding carboxylic acids is 1. The molecule has 0 aromatic heterocycles. The summed E-state index contributed by atoms with van der Waals surface area (Å²) < 4.78 is 124. The van der Waals surface area contributed by atoms with Gasteiger partial charge in [-0.2, -0.15) is 8.78 Å². The zero-order chi connectivity index (χ0) is 33.1. The molecule has 2 aromatic rings. The van der Waals surface area contributed by atoms with E-state index in [4.69, 9.17) is 4.74 Å². The van der Waals surface area contributed by atoms with Gasteiger partial charge in [0, 0.05) is 5.56 Å². The van der Waals surface area contributed by atoms with Gasteiger partial charge >= 0.3 is 5.97 Å². The highest BCUT2D eigenvalue weighted by Gasteiger charge is 2.36. The van der Waals surface area contributed by atoms with Crippen molar-refractivity contribution in [3.63, 3.8) is 0 Å². The highest BCUT2D eigenvalue weighted by atomic mass is 19.2. The summed E-state index contributed by atoms with van der Waals surface area (Å²) in [6.45, 7) is 4.16. The van der Waals surface area contributed by atoms with Gasteiger partial charge < -0.3 is 4.74 Å². The number of carbonyl (C=O) groups is 1.